The molecule has 2 rings (SSSR count). The third-order valence-electron chi connectivity index (χ3n) is 3.48. The molecule has 10 heteroatoms. The minimum absolute atomic E-state index is 0.00877. The van der Waals surface area contributed by atoms with Crippen LogP contribution in [-0.2, 0) is 16.0 Å². The van der Waals surface area contributed by atoms with Gasteiger partial charge in [-0.15, -0.1) is 10.2 Å². The number of fused-ring (bicyclic) bond motifs is 1. The van der Waals surface area contributed by atoms with Crippen molar-refractivity contribution in [3.63, 3.8) is 0 Å². The van der Waals surface area contributed by atoms with E-state index in [0.29, 0.717) is 19.4 Å². The summed E-state index contributed by atoms with van der Waals surface area (Å²) in [4.78, 5) is 26.4. The van der Waals surface area contributed by atoms with Crippen LogP contribution < -0.4 is 5.32 Å². The Bertz CT molecular complexity index is 779. The molecule has 2 heterocycles. The van der Waals surface area contributed by atoms with Gasteiger partial charge < -0.3 is 15.0 Å². The minimum Gasteiger partial charge on any atom is -0.444 e. The lowest BCUT2D eigenvalue weighted by molar-refractivity contribution is -0.130. The van der Waals surface area contributed by atoms with Gasteiger partial charge in [-0.05, 0) is 34.6 Å². The summed E-state index contributed by atoms with van der Waals surface area (Å²) in [5, 5.41) is 15.9. The molecule has 1 unspecified atom stereocenters. The first-order chi connectivity index (χ1) is 12.0. The van der Waals surface area contributed by atoms with Crippen molar-refractivity contribution in [2.45, 2.75) is 59.1 Å². The minimum atomic E-state index is -0.549. The van der Waals surface area contributed by atoms with Gasteiger partial charge in [0.05, 0.1) is 0 Å². The van der Waals surface area contributed by atoms with Gasteiger partial charge in [0, 0.05) is 32.5 Å². The summed E-state index contributed by atoms with van der Waals surface area (Å²) in [5.41, 5.74) is -0.549. The standard InChI is InChI=1S/C16H26N6O3S/c1-10(17-15(24)25-16(3,4)5)9-21(6)13(23)8-7-12-20-22-11(2)18-19-14(22)26-12/h10H,7-9H2,1-6H3,(H,17,24). The van der Waals surface area contributed by atoms with Gasteiger partial charge >= 0.3 is 6.09 Å². The van der Waals surface area contributed by atoms with Crippen LogP contribution in [0.1, 0.15) is 44.9 Å². The van der Waals surface area contributed by atoms with E-state index in [4.69, 9.17) is 4.74 Å². The van der Waals surface area contributed by atoms with Gasteiger partial charge in [-0.1, -0.05) is 11.3 Å². The highest BCUT2D eigenvalue weighted by Crippen LogP contribution is 2.15. The Balaban J connectivity index is 1.78. The van der Waals surface area contributed by atoms with E-state index in [0.717, 1.165) is 15.8 Å². The monoisotopic (exact) mass is 382 g/mol. The molecule has 1 atom stereocenters. The summed E-state index contributed by atoms with van der Waals surface area (Å²) < 4.78 is 6.89. The van der Waals surface area contributed by atoms with E-state index < -0.39 is 11.7 Å². The second-order valence-electron chi connectivity index (χ2n) is 7.26. The quantitative estimate of drug-likeness (QED) is 0.817. The molecule has 2 amide bonds. The number of hydrogen-bond acceptors (Lipinski definition) is 7. The molecule has 0 bridgehead atoms. The van der Waals surface area contributed by atoms with Crippen LogP contribution in [0, 0.1) is 6.92 Å². The lowest BCUT2D eigenvalue weighted by Gasteiger charge is -2.25. The second-order valence-corrected chi connectivity index (χ2v) is 8.30. The number of rotatable bonds is 6. The Morgan fingerprint density at radius 3 is 2.65 bits per heavy atom. The molecule has 0 saturated carbocycles. The van der Waals surface area contributed by atoms with Crippen molar-refractivity contribution in [2.75, 3.05) is 13.6 Å². The number of hydrogen-bond donors (Lipinski definition) is 1. The molecule has 2 aromatic heterocycles. The van der Waals surface area contributed by atoms with Crippen LogP contribution in [0.5, 0.6) is 0 Å². The molecule has 1 N–H and O–H groups in total. The highest BCUT2D eigenvalue weighted by molar-refractivity contribution is 7.16. The van der Waals surface area contributed by atoms with E-state index >= 15 is 0 Å². The molecular formula is C16H26N6O3S. The summed E-state index contributed by atoms with van der Waals surface area (Å²) in [5.74, 6) is 0.721. The van der Waals surface area contributed by atoms with Crippen LogP contribution >= 0.6 is 11.3 Å². The molecule has 0 fully saturated rings. The van der Waals surface area contributed by atoms with Crippen molar-refractivity contribution in [1.29, 1.82) is 0 Å². The van der Waals surface area contributed by atoms with Crippen LogP contribution in [0.4, 0.5) is 4.79 Å². The Kier molecular flexibility index (Phi) is 6.17. The van der Waals surface area contributed by atoms with Crippen molar-refractivity contribution in [3.05, 3.63) is 10.8 Å². The predicted molar refractivity (Wildman–Crippen MR) is 98.2 cm³/mol. The Morgan fingerprint density at radius 2 is 2.04 bits per heavy atom. The van der Waals surface area contributed by atoms with Gasteiger partial charge in [0.15, 0.2) is 5.82 Å². The van der Waals surface area contributed by atoms with Gasteiger partial charge in [-0.2, -0.15) is 9.61 Å². The van der Waals surface area contributed by atoms with E-state index in [1.54, 1.807) is 37.2 Å². The SMILES string of the molecule is Cc1nnc2sc(CCC(=O)N(C)CC(C)NC(=O)OC(C)(C)C)nn12. The van der Waals surface area contributed by atoms with E-state index in [-0.39, 0.29) is 11.9 Å². The molecule has 0 radical (unpaired) electrons. The maximum absolute atomic E-state index is 12.3. The summed E-state index contributed by atoms with van der Waals surface area (Å²) in [6, 6.07) is -0.212. The van der Waals surface area contributed by atoms with Gasteiger partial charge in [0.1, 0.15) is 10.6 Å². The zero-order valence-corrected chi connectivity index (χ0v) is 16.9. The molecule has 0 aliphatic carbocycles. The van der Waals surface area contributed by atoms with Gasteiger partial charge in [0.25, 0.3) is 0 Å². The molecule has 9 nitrogen and oxygen atoms in total. The first kappa shape index (κ1) is 20.1. The number of aromatic nitrogens is 4. The highest BCUT2D eigenvalue weighted by atomic mass is 32.1. The first-order valence-electron chi connectivity index (χ1n) is 8.46. The van der Waals surface area contributed by atoms with Crippen molar-refractivity contribution in [3.8, 4) is 0 Å². The Labute approximate surface area is 156 Å². The Morgan fingerprint density at radius 1 is 1.35 bits per heavy atom. The normalized spacial score (nSPS) is 12.8. The number of aryl methyl sites for hydroxylation is 2. The van der Waals surface area contributed by atoms with Gasteiger partial charge in [-0.3, -0.25) is 4.79 Å². The van der Waals surface area contributed by atoms with E-state index in [1.165, 1.54) is 11.3 Å². The predicted octanol–water partition coefficient (Wildman–Crippen LogP) is 1.80. The fourth-order valence-electron chi connectivity index (χ4n) is 2.33. The number of carbonyl (C=O) groups excluding carboxylic acids is 2. The summed E-state index contributed by atoms with van der Waals surface area (Å²) in [6.45, 7) is 9.49. The van der Waals surface area contributed by atoms with Crippen LogP contribution in [0.2, 0.25) is 0 Å². The summed E-state index contributed by atoms with van der Waals surface area (Å²) >= 11 is 1.43. The zero-order chi connectivity index (χ0) is 19.5. The van der Waals surface area contributed by atoms with Crippen molar-refractivity contribution in [1.82, 2.24) is 30.0 Å². The number of nitrogens with one attached hydrogen (secondary N) is 1. The summed E-state index contributed by atoms with van der Waals surface area (Å²) in [7, 11) is 1.72. The molecule has 0 aliphatic heterocycles. The average molecular weight is 382 g/mol. The van der Waals surface area contributed by atoms with Crippen molar-refractivity contribution < 1.29 is 14.3 Å². The summed E-state index contributed by atoms with van der Waals surface area (Å²) in [6.07, 6.45) is 0.407. The third kappa shape index (κ3) is 5.65. The smallest absolute Gasteiger partial charge is 0.407 e. The molecular weight excluding hydrogens is 356 g/mol. The number of likely N-dealkylation sites (N-methyl/N-ethyl adjacent to an activating group) is 1. The Hall–Kier alpha value is -2.23. The fraction of sp³-hybridized carbons (Fsp3) is 0.688. The third-order valence-corrected chi connectivity index (χ3v) is 4.44. The van der Waals surface area contributed by atoms with Crippen molar-refractivity contribution >= 4 is 28.3 Å². The number of alkyl carbamates (subject to hydrolysis) is 1. The van der Waals surface area contributed by atoms with Crippen molar-refractivity contribution in [2.24, 2.45) is 0 Å². The number of carbonyl (C=O) groups is 2. The molecule has 144 valence electrons. The maximum atomic E-state index is 12.3. The number of nitrogens with zero attached hydrogens (tertiary/aromatic N) is 5. The lowest BCUT2D eigenvalue weighted by Crippen LogP contribution is -2.44. The highest BCUT2D eigenvalue weighted by Gasteiger charge is 2.19. The van der Waals surface area contributed by atoms with E-state index in [9.17, 15) is 9.59 Å². The first-order valence-corrected chi connectivity index (χ1v) is 9.28. The van der Waals surface area contributed by atoms with Crippen LogP contribution in [0.25, 0.3) is 4.96 Å². The molecule has 0 aromatic carbocycles. The topological polar surface area (TPSA) is 102 Å². The number of ether oxygens (including phenoxy) is 1. The van der Waals surface area contributed by atoms with E-state index in [2.05, 4.69) is 20.6 Å². The fourth-order valence-corrected chi connectivity index (χ4v) is 3.21. The van der Waals surface area contributed by atoms with Crippen LogP contribution in [0.3, 0.4) is 0 Å². The number of amides is 2. The second kappa shape index (κ2) is 7.98. The molecule has 2 aromatic rings. The van der Waals surface area contributed by atoms with Crippen LogP contribution in [0.15, 0.2) is 0 Å². The molecule has 0 aliphatic rings. The lowest BCUT2D eigenvalue weighted by atomic mass is 10.2. The van der Waals surface area contributed by atoms with Gasteiger partial charge in [-0.25, -0.2) is 4.79 Å². The van der Waals surface area contributed by atoms with E-state index in [1.807, 2.05) is 13.8 Å². The zero-order valence-electron chi connectivity index (χ0n) is 16.1. The maximum Gasteiger partial charge on any atom is 0.407 e. The molecule has 0 spiro atoms. The average Bonchev–Trinajstić information content (AvgIpc) is 3.04. The van der Waals surface area contributed by atoms with Crippen LogP contribution in [-0.4, -0.2) is 61.9 Å². The molecule has 0 saturated heterocycles. The van der Waals surface area contributed by atoms with Gasteiger partial charge in [0.2, 0.25) is 10.9 Å². The molecule has 26 heavy (non-hydrogen) atoms. The largest absolute Gasteiger partial charge is 0.444 e.